The Bertz CT molecular complexity index is 353. The highest BCUT2D eigenvalue weighted by atomic mass is 16.3. The highest BCUT2D eigenvalue weighted by molar-refractivity contribution is 5.94. The molecule has 0 saturated heterocycles. The molecule has 2 unspecified atom stereocenters. The molecule has 0 aliphatic heterocycles. The molecule has 15 heavy (non-hydrogen) atoms. The van der Waals surface area contributed by atoms with Crippen LogP contribution in [0.15, 0.2) is 24.3 Å². The van der Waals surface area contributed by atoms with Gasteiger partial charge in [0.1, 0.15) is 0 Å². The molecule has 0 radical (unpaired) electrons. The van der Waals surface area contributed by atoms with Gasteiger partial charge in [0.05, 0.1) is 6.10 Å². The fourth-order valence-electron chi connectivity index (χ4n) is 2.25. The molecular weight excluding hydrogens is 188 g/mol. The van der Waals surface area contributed by atoms with Crippen LogP contribution in [0.3, 0.4) is 0 Å². The highest BCUT2D eigenvalue weighted by Gasteiger charge is 2.23. The van der Waals surface area contributed by atoms with Crippen molar-refractivity contribution < 1.29 is 9.90 Å². The summed E-state index contributed by atoms with van der Waals surface area (Å²) in [7, 11) is 0. The summed E-state index contributed by atoms with van der Waals surface area (Å²) in [6, 6.07) is 7.78. The van der Waals surface area contributed by atoms with Crippen molar-refractivity contribution in [1.82, 2.24) is 0 Å². The molecule has 80 valence electrons. The number of Topliss-reactive ketones (excluding diaryl/α,β-unsaturated/α-hetero) is 1. The van der Waals surface area contributed by atoms with Gasteiger partial charge in [-0.05, 0) is 37.7 Å². The van der Waals surface area contributed by atoms with Crippen molar-refractivity contribution in [1.29, 1.82) is 0 Å². The van der Waals surface area contributed by atoms with Gasteiger partial charge in [0.15, 0.2) is 5.78 Å². The maximum atomic E-state index is 11.1. The Hall–Kier alpha value is -1.15. The first-order chi connectivity index (χ1) is 7.16. The number of hydrogen-bond acceptors (Lipinski definition) is 2. The van der Waals surface area contributed by atoms with Crippen LogP contribution in [0.5, 0.6) is 0 Å². The largest absolute Gasteiger partial charge is 0.393 e. The van der Waals surface area contributed by atoms with E-state index in [-0.39, 0.29) is 11.9 Å². The molecule has 2 rings (SSSR count). The number of aliphatic hydroxyl groups excluding tert-OH is 1. The fourth-order valence-corrected chi connectivity index (χ4v) is 2.25. The molecule has 1 fully saturated rings. The van der Waals surface area contributed by atoms with Gasteiger partial charge in [-0.1, -0.05) is 24.3 Å². The molecule has 1 aromatic rings. The number of aliphatic hydroxyl groups is 1. The first-order valence-corrected chi connectivity index (χ1v) is 5.46. The van der Waals surface area contributed by atoms with Crippen molar-refractivity contribution in [3.8, 4) is 0 Å². The predicted octanol–water partition coefficient (Wildman–Crippen LogP) is 2.52. The van der Waals surface area contributed by atoms with Crippen LogP contribution in [-0.2, 0) is 0 Å². The molecular formula is C13H16O2. The Balaban J connectivity index is 2.13. The van der Waals surface area contributed by atoms with Crippen LogP contribution in [0, 0.1) is 0 Å². The lowest BCUT2D eigenvalue weighted by molar-refractivity contribution is 0.101. The Morgan fingerprint density at radius 2 is 1.93 bits per heavy atom. The molecule has 2 heteroatoms. The molecule has 2 nitrogen and oxygen atoms in total. The van der Waals surface area contributed by atoms with Crippen molar-refractivity contribution in [3.05, 3.63) is 35.4 Å². The average Bonchev–Trinajstić information content (AvgIpc) is 2.65. The van der Waals surface area contributed by atoms with E-state index in [0.717, 1.165) is 24.8 Å². The summed E-state index contributed by atoms with van der Waals surface area (Å²) in [5, 5.41) is 9.45. The summed E-state index contributed by atoms with van der Waals surface area (Å²) in [4.78, 5) is 11.1. The third kappa shape index (κ3) is 2.26. The lowest BCUT2D eigenvalue weighted by Gasteiger charge is -2.09. The zero-order valence-electron chi connectivity index (χ0n) is 8.94. The first-order valence-electron chi connectivity index (χ1n) is 5.46. The number of hydrogen-bond donors (Lipinski definition) is 1. The summed E-state index contributed by atoms with van der Waals surface area (Å²) in [6.45, 7) is 1.58. The molecule has 1 N–H and O–H groups in total. The monoisotopic (exact) mass is 204 g/mol. The number of benzene rings is 1. The third-order valence-electron chi connectivity index (χ3n) is 3.19. The second-order valence-corrected chi connectivity index (χ2v) is 4.34. The van der Waals surface area contributed by atoms with Crippen LogP contribution in [-0.4, -0.2) is 17.0 Å². The molecule has 1 aliphatic rings. The lowest BCUT2D eigenvalue weighted by atomic mass is 9.96. The SMILES string of the molecule is CC(=O)c1ccc(C2CCC(O)C2)cc1. The minimum absolute atomic E-state index is 0.105. The maximum Gasteiger partial charge on any atom is 0.159 e. The highest BCUT2D eigenvalue weighted by Crippen LogP contribution is 2.34. The molecule has 0 bridgehead atoms. The van der Waals surface area contributed by atoms with E-state index in [9.17, 15) is 9.90 Å². The summed E-state index contributed by atoms with van der Waals surface area (Å²) in [5.41, 5.74) is 2.01. The van der Waals surface area contributed by atoms with Gasteiger partial charge in [0.25, 0.3) is 0 Å². The van der Waals surface area contributed by atoms with Crippen molar-refractivity contribution in [3.63, 3.8) is 0 Å². The van der Waals surface area contributed by atoms with Crippen LogP contribution in [0.2, 0.25) is 0 Å². The van der Waals surface area contributed by atoms with Gasteiger partial charge in [0, 0.05) is 5.56 Å². The first kappa shape index (κ1) is 10.4. The van der Waals surface area contributed by atoms with Gasteiger partial charge >= 0.3 is 0 Å². The number of carbonyl (C=O) groups is 1. The second kappa shape index (κ2) is 4.15. The van der Waals surface area contributed by atoms with E-state index in [4.69, 9.17) is 0 Å². The summed E-state index contributed by atoms with van der Waals surface area (Å²) in [6.07, 6.45) is 2.68. The Kier molecular flexibility index (Phi) is 2.87. The molecule has 1 aliphatic carbocycles. The number of carbonyl (C=O) groups excluding carboxylic acids is 1. The standard InChI is InChI=1S/C13H16O2/c1-9(14)10-2-4-11(5-3-10)12-6-7-13(15)8-12/h2-5,12-13,15H,6-8H2,1H3. The zero-order valence-corrected chi connectivity index (χ0v) is 8.94. The van der Waals surface area contributed by atoms with Gasteiger partial charge in [-0.2, -0.15) is 0 Å². The van der Waals surface area contributed by atoms with Gasteiger partial charge < -0.3 is 5.11 Å². The minimum atomic E-state index is -0.137. The average molecular weight is 204 g/mol. The van der Waals surface area contributed by atoms with E-state index in [1.807, 2.05) is 24.3 Å². The Morgan fingerprint density at radius 3 is 2.40 bits per heavy atom. The van der Waals surface area contributed by atoms with E-state index >= 15 is 0 Å². The summed E-state index contributed by atoms with van der Waals surface area (Å²) >= 11 is 0. The Morgan fingerprint density at radius 1 is 1.27 bits per heavy atom. The van der Waals surface area contributed by atoms with Crippen molar-refractivity contribution >= 4 is 5.78 Å². The molecule has 1 saturated carbocycles. The number of ketones is 1. The molecule has 0 amide bonds. The topological polar surface area (TPSA) is 37.3 Å². The van der Waals surface area contributed by atoms with Crippen LogP contribution in [0.1, 0.15) is 48.0 Å². The summed E-state index contributed by atoms with van der Waals surface area (Å²) < 4.78 is 0. The molecule has 2 atom stereocenters. The Labute approximate surface area is 89.9 Å². The van der Waals surface area contributed by atoms with Gasteiger partial charge in [-0.25, -0.2) is 0 Å². The molecule has 0 heterocycles. The van der Waals surface area contributed by atoms with E-state index in [1.165, 1.54) is 5.56 Å². The molecule has 0 aromatic heterocycles. The van der Waals surface area contributed by atoms with E-state index in [0.29, 0.717) is 5.92 Å². The van der Waals surface area contributed by atoms with Crippen molar-refractivity contribution in [2.45, 2.75) is 38.2 Å². The van der Waals surface area contributed by atoms with Crippen molar-refractivity contribution in [2.75, 3.05) is 0 Å². The fraction of sp³-hybridized carbons (Fsp3) is 0.462. The van der Waals surface area contributed by atoms with Crippen LogP contribution in [0.4, 0.5) is 0 Å². The quantitative estimate of drug-likeness (QED) is 0.751. The van der Waals surface area contributed by atoms with Crippen LogP contribution >= 0.6 is 0 Å². The van der Waals surface area contributed by atoms with Crippen LogP contribution < -0.4 is 0 Å². The van der Waals surface area contributed by atoms with E-state index in [2.05, 4.69) is 0 Å². The number of rotatable bonds is 2. The third-order valence-corrected chi connectivity index (χ3v) is 3.19. The van der Waals surface area contributed by atoms with Crippen LogP contribution in [0.25, 0.3) is 0 Å². The predicted molar refractivity (Wildman–Crippen MR) is 59.0 cm³/mol. The maximum absolute atomic E-state index is 11.1. The van der Waals surface area contributed by atoms with E-state index < -0.39 is 0 Å². The lowest BCUT2D eigenvalue weighted by Crippen LogP contribution is -2.00. The smallest absolute Gasteiger partial charge is 0.159 e. The van der Waals surface area contributed by atoms with Gasteiger partial charge in [-0.15, -0.1) is 0 Å². The minimum Gasteiger partial charge on any atom is -0.393 e. The van der Waals surface area contributed by atoms with Gasteiger partial charge in [-0.3, -0.25) is 4.79 Å². The second-order valence-electron chi connectivity index (χ2n) is 4.34. The zero-order chi connectivity index (χ0) is 10.8. The van der Waals surface area contributed by atoms with Gasteiger partial charge in [0.2, 0.25) is 0 Å². The normalized spacial score (nSPS) is 25.5. The van der Waals surface area contributed by atoms with Crippen molar-refractivity contribution in [2.24, 2.45) is 0 Å². The van der Waals surface area contributed by atoms with E-state index in [1.54, 1.807) is 6.92 Å². The molecule has 1 aromatic carbocycles. The molecule has 0 spiro atoms. The summed E-state index contributed by atoms with van der Waals surface area (Å²) in [5.74, 6) is 0.578.